The molecule has 0 amide bonds. The van der Waals surface area contributed by atoms with Crippen LogP contribution in [0.15, 0.2) is 4.99 Å². The van der Waals surface area contributed by atoms with Crippen molar-refractivity contribution < 1.29 is 0 Å². The van der Waals surface area contributed by atoms with Gasteiger partial charge in [-0.3, -0.25) is 4.99 Å². The average Bonchev–Trinajstić information content (AvgIpc) is 2.32. The molecule has 1 rings (SSSR count). The Bertz CT molecular complexity index is 144. The van der Waals surface area contributed by atoms with Crippen LogP contribution in [0.2, 0.25) is 0 Å². The number of aliphatic imine (C=N–C) groups is 1. The molecule has 0 unspecified atom stereocenters. The molecule has 0 aromatic heterocycles. The van der Waals surface area contributed by atoms with E-state index in [1.54, 1.807) is 0 Å². The van der Waals surface area contributed by atoms with E-state index in [1.165, 1.54) is 6.42 Å². The van der Waals surface area contributed by atoms with Crippen molar-refractivity contribution in [1.29, 1.82) is 0 Å². The summed E-state index contributed by atoms with van der Waals surface area (Å²) in [5, 5.41) is 0. The third-order valence-corrected chi connectivity index (χ3v) is 1.91. The fraction of sp³-hybridized carbons (Fsp3) is 0.889. The Labute approximate surface area is 69.3 Å². The molecular formula is C9H18N2. The van der Waals surface area contributed by atoms with Gasteiger partial charge in [0.1, 0.15) is 0 Å². The van der Waals surface area contributed by atoms with Crippen molar-refractivity contribution in [2.75, 3.05) is 19.6 Å². The van der Waals surface area contributed by atoms with Crippen LogP contribution in [0.5, 0.6) is 0 Å². The third-order valence-electron chi connectivity index (χ3n) is 1.91. The topological polar surface area (TPSA) is 15.6 Å². The molecule has 0 saturated heterocycles. The molecule has 0 aliphatic carbocycles. The highest BCUT2D eigenvalue weighted by Crippen LogP contribution is 2.18. The number of nitrogens with zero attached hydrogens (tertiary/aromatic N) is 2. The van der Waals surface area contributed by atoms with Crippen molar-refractivity contribution in [3.63, 3.8) is 0 Å². The van der Waals surface area contributed by atoms with Crippen molar-refractivity contribution >= 4 is 6.34 Å². The van der Waals surface area contributed by atoms with Gasteiger partial charge in [0.2, 0.25) is 0 Å². The van der Waals surface area contributed by atoms with Gasteiger partial charge in [0, 0.05) is 13.1 Å². The molecule has 0 saturated carbocycles. The molecule has 0 spiro atoms. The fourth-order valence-corrected chi connectivity index (χ4v) is 1.07. The molecule has 0 fully saturated rings. The second kappa shape index (κ2) is 3.24. The molecule has 0 bridgehead atoms. The van der Waals surface area contributed by atoms with Gasteiger partial charge in [0.15, 0.2) is 0 Å². The molecule has 2 heteroatoms. The van der Waals surface area contributed by atoms with Crippen LogP contribution in [0.25, 0.3) is 0 Å². The van der Waals surface area contributed by atoms with Crippen LogP contribution < -0.4 is 0 Å². The zero-order chi connectivity index (χ0) is 8.32. The fourth-order valence-electron chi connectivity index (χ4n) is 1.07. The normalized spacial score (nSPS) is 17.9. The number of hydrogen-bond donors (Lipinski definition) is 0. The number of hydrogen-bond acceptors (Lipinski definition) is 2. The summed E-state index contributed by atoms with van der Waals surface area (Å²) in [5.74, 6) is 0. The quantitative estimate of drug-likeness (QED) is 0.592. The van der Waals surface area contributed by atoms with Crippen LogP contribution >= 0.6 is 0 Å². The van der Waals surface area contributed by atoms with Crippen LogP contribution in [0, 0.1) is 5.41 Å². The molecule has 0 aromatic carbocycles. The highest BCUT2D eigenvalue weighted by atomic mass is 15.2. The SMILES string of the molecule is CC(C)(C)CCN1C=NCC1. The molecule has 0 atom stereocenters. The van der Waals surface area contributed by atoms with Gasteiger partial charge in [-0.05, 0) is 11.8 Å². The molecule has 0 aromatic rings. The summed E-state index contributed by atoms with van der Waals surface area (Å²) in [7, 11) is 0. The summed E-state index contributed by atoms with van der Waals surface area (Å²) < 4.78 is 0. The second-order valence-corrected chi connectivity index (χ2v) is 4.37. The summed E-state index contributed by atoms with van der Waals surface area (Å²) in [6.07, 6.45) is 3.23. The van der Waals surface area contributed by atoms with Gasteiger partial charge < -0.3 is 4.90 Å². The van der Waals surface area contributed by atoms with E-state index in [1.807, 2.05) is 6.34 Å². The monoisotopic (exact) mass is 154 g/mol. The van der Waals surface area contributed by atoms with E-state index in [-0.39, 0.29) is 0 Å². The average molecular weight is 154 g/mol. The Hall–Kier alpha value is -0.530. The van der Waals surface area contributed by atoms with Gasteiger partial charge in [0.05, 0.1) is 12.9 Å². The van der Waals surface area contributed by atoms with E-state index in [0.29, 0.717) is 5.41 Å². The lowest BCUT2D eigenvalue weighted by molar-refractivity contribution is 0.320. The van der Waals surface area contributed by atoms with E-state index >= 15 is 0 Å². The first-order valence-corrected chi connectivity index (χ1v) is 4.32. The smallest absolute Gasteiger partial charge is 0.0851 e. The summed E-state index contributed by atoms with van der Waals surface area (Å²) in [5.41, 5.74) is 0.455. The predicted molar refractivity (Wildman–Crippen MR) is 49.0 cm³/mol. The minimum absolute atomic E-state index is 0.455. The lowest BCUT2D eigenvalue weighted by Crippen LogP contribution is -2.24. The van der Waals surface area contributed by atoms with E-state index in [0.717, 1.165) is 19.6 Å². The highest BCUT2D eigenvalue weighted by molar-refractivity contribution is 5.56. The second-order valence-electron chi connectivity index (χ2n) is 4.37. The van der Waals surface area contributed by atoms with Crippen molar-refractivity contribution in [1.82, 2.24) is 4.90 Å². The first-order valence-electron chi connectivity index (χ1n) is 4.32. The predicted octanol–water partition coefficient (Wildman–Crippen LogP) is 1.77. The first kappa shape index (κ1) is 8.57. The molecule has 1 aliphatic heterocycles. The van der Waals surface area contributed by atoms with Crippen molar-refractivity contribution in [2.45, 2.75) is 27.2 Å². The summed E-state index contributed by atoms with van der Waals surface area (Å²) in [4.78, 5) is 6.46. The Morgan fingerprint density at radius 1 is 1.45 bits per heavy atom. The lowest BCUT2D eigenvalue weighted by Gasteiger charge is -2.22. The van der Waals surface area contributed by atoms with E-state index in [4.69, 9.17) is 0 Å². The highest BCUT2D eigenvalue weighted by Gasteiger charge is 2.12. The van der Waals surface area contributed by atoms with E-state index in [9.17, 15) is 0 Å². The maximum absolute atomic E-state index is 4.17. The van der Waals surface area contributed by atoms with Crippen molar-refractivity contribution in [2.24, 2.45) is 10.4 Å². The van der Waals surface area contributed by atoms with Gasteiger partial charge in [-0.2, -0.15) is 0 Å². The van der Waals surface area contributed by atoms with Crippen molar-refractivity contribution in [3.8, 4) is 0 Å². The molecule has 1 aliphatic rings. The van der Waals surface area contributed by atoms with Gasteiger partial charge in [-0.1, -0.05) is 20.8 Å². The summed E-state index contributed by atoms with van der Waals surface area (Å²) in [6.45, 7) is 10.1. The minimum Gasteiger partial charge on any atom is -0.361 e. The maximum atomic E-state index is 4.17. The largest absolute Gasteiger partial charge is 0.361 e. The van der Waals surface area contributed by atoms with Gasteiger partial charge in [-0.15, -0.1) is 0 Å². The molecular weight excluding hydrogens is 136 g/mol. The molecule has 2 nitrogen and oxygen atoms in total. The van der Waals surface area contributed by atoms with Crippen LogP contribution in [0.3, 0.4) is 0 Å². The first-order chi connectivity index (χ1) is 5.08. The molecule has 1 heterocycles. The lowest BCUT2D eigenvalue weighted by atomic mass is 9.92. The molecule has 0 radical (unpaired) electrons. The van der Waals surface area contributed by atoms with Crippen LogP contribution in [-0.2, 0) is 0 Å². The molecule has 64 valence electrons. The Balaban J connectivity index is 2.17. The van der Waals surface area contributed by atoms with Crippen LogP contribution in [0.1, 0.15) is 27.2 Å². The van der Waals surface area contributed by atoms with E-state index in [2.05, 4.69) is 30.7 Å². The Morgan fingerprint density at radius 3 is 2.64 bits per heavy atom. The molecule has 0 N–H and O–H groups in total. The Kier molecular flexibility index (Phi) is 2.53. The van der Waals surface area contributed by atoms with E-state index < -0.39 is 0 Å². The summed E-state index contributed by atoms with van der Waals surface area (Å²) >= 11 is 0. The number of rotatable bonds is 2. The maximum Gasteiger partial charge on any atom is 0.0851 e. The summed E-state index contributed by atoms with van der Waals surface area (Å²) in [6, 6.07) is 0. The van der Waals surface area contributed by atoms with Gasteiger partial charge in [0.25, 0.3) is 0 Å². The zero-order valence-corrected chi connectivity index (χ0v) is 7.80. The van der Waals surface area contributed by atoms with Gasteiger partial charge in [-0.25, -0.2) is 0 Å². The minimum atomic E-state index is 0.455. The molecule has 11 heavy (non-hydrogen) atoms. The van der Waals surface area contributed by atoms with Crippen molar-refractivity contribution in [3.05, 3.63) is 0 Å². The van der Waals surface area contributed by atoms with Crippen LogP contribution in [-0.4, -0.2) is 30.9 Å². The standard InChI is InChI=1S/C9H18N2/c1-9(2,3)4-6-11-7-5-10-8-11/h8H,4-7H2,1-3H3. The zero-order valence-electron chi connectivity index (χ0n) is 7.80. The van der Waals surface area contributed by atoms with Crippen LogP contribution in [0.4, 0.5) is 0 Å². The third kappa shape index (κ3) is 3.40. The Morgan fingerprint density at radius 2 is 2.18 bits per heavy atom. The van der Waals surface area contributed by atoms with Gasteiger partial charge >= 0.3 is 0 Å².